The van der Waals surface area contributed by atoms with Crippen molar-refractivity contribution in [3.63, 3.8) is 0 Å². The minimum absolute atomic E-state index is 0.0113. The lowest BCUT2D eigenvalue weighted by Crippen LogP contribution is -2.08. The molecule has 2 aromatic carbocycles. The molecule has 0 radical (unpaired) electrons. The Balaban J connectivity index is 2.83. The lowest BCUT2D eigenvalue weighted by molar-refractivity contribution is 0.452. The van der Waals surface area contributed by atoms with Crippen LogP contribution in [-0.2, 0) is 9.84 Å². The summed E-state index contributed by atoms with van der Waals surface area (Å²) in [5, 5.41) is 20.3. The first-order valence-electron chi connectivity index (χ1n) is 6.93. The van der Waals surface area contributed by atoms with Crippen molar-refractivity contribution in [1.29, 1.82) is 0 Å². The first kappa shape index (κ1) is 16.4. The minimum atomic E-state index is -3.92. The zero-order valence-corrected chi connectivity index (χ0v) is 14.2. The molecule has 0 fully saturated rings. The van der Waals surface area contributed by atoms with Crippen molar-refractivity contribution in [2.75, 3.05) is 0 Å². The van der Waals surface area contributed by atoms with Gasteiger partial charge in [-0.05, 0) is 62.9 Å². The minimum Gasteiger partial charge on any atom is -0.507 e. The summed E-state index contributed by atoms with van der Waals surface area (Å²) in [6, 6.07) is 4.77. The van der Waals surface area contributed by atoms with E-state index in [0.717, 1.165) is 5.56 Å². The Morgan fingerprint density at radius 3 is 1.95 bits per heavy atom. The number of aryl methyl sites for hydroxylation is 3. The van der Waals surface area contributed by atoms with Crippen LogP contribution in [0.2, 0.25) is 0 Å². The molecule has 0 spiro atoms. The number of phenols is 2. The van der Waals surface area contributed by atoms with Gasteiger partial charge in [-0.25, -0.2) is 8.42 Å². The van der Waals surface area contributed by atoms with Crippen LogP contribution in [0.15, 0.2) is 28.0 Å². The highest BCUT2D eigenvalue weighted by Crippen LogP contribution is 2.38. The van der Waals surface area contributed by atoms with Gasteiger partial charge < -0.3 is 10.2 Å². The van der Waals surface area contributed by atoms with Crippen molar-refractivity contribution in [3.8, 4) is 11.5 Å². The van der Waals surface area contributed by atoms with Gasteiger partial charge in [-0.3, -0.25) is 0 Å². The Kier molecular flexibility index (Phi) is 3.96. The van der Waals surface area contributed by atoms with Gasteiger partial charge in [0.1, 0.15) is 16.4 Å². The van der Waals surface area contributed by atoms with E-state index in [9.17, 15) is 18.6 Å². The molecular weight excluding hydrogens is 300 g/mol. The van der Waals surface area contributed by atoms with Crippen LogP contribution in [0, 0.1) is 34.6 Å². The number of sulfone groups is 1. The molecule has 0 saturated carbocycles. The lowest BCUT2D eigenvalue weighted by atomic mass is 10.1. The van der Waals surface area contributed by atoms with Gasteiger partial charge in [-0.2, -0.15) is 0 Å². The highest BCUT2D eigenvalue weighted by atomic mass is 32.2. The molecule has 4 nitrogen and oxygen atoms in total. The summed E-state index contributed by atoms with van der Waals surface area (Å²) < 4.78 is 25.9. The summed E-state index contributed by atoms with van der Waals surface area (Å²) in [6.45, 7) is 8.42. The number of hydrogen-bond acceptors (Lipinski definition) is 4. The summed E-state index contributed by atoms with van der Waals surface area (Å²) in [4.78, 5) is -0.0841. The second-order valence-corrected chi connectivity index (χ2v) is 7.53. The van der Waals surface area contributed by atoms with Crippen LogP contribution < -0.4 is 0 Å². The first-order chi connectivity index (χ1) is 10.1. The molecule has 0 aliphatic rings. The van der Waals surface area contributed by atoms with Crippen LogP contribution in [0.3, 0.4) is 0 Å². The average Bonchev–Trinajstić information content (AvgIpc) is 2.41. The Hall–Kier alpha value is -2.01. The number of benzene rings is 2. The van der Waals surface area contributed by atoms with Gasteiger partial charge in [0.05, 0.1) is 4.90 Å². The molecule has 2 rings (SSSR count). The van der Waals surface area contributed by atoms with Crippen LogP contribution >= 0.6 is 0 Å². The predicted molar refractivity (Wildman–Crippen MR) is 85.4 cm³/mol. The molecule has 0 atom stereocenters. The number of hydrogen-bond donors (Lipinski definition) is 2. The van der Waals surface area contributed by atoms with Crippen LogP contribution in [0.4, 0.5) is 0 Å². The second-order valence-electron chi connectivity index (χ2n) is 5.67. The van der Waals surface area contributed by atoms with E-state index in [0.29, 0.717) is 16.7 Å². The van der Waals surface area contributed by atoms with Crippen LogP contribution in [0.5, 0.6) is 11.5 Å². The zero-order chi connectivity index (χ0) is 16.8. The van der Waals surface area contributed by atoms with E-state index in [2.05, 4.69) is 0 Å². The van der Waals surface area contributed by atoms with Crippen molar-refractivity contribution < 1.29 is 18.6 Å². The van der Waals surface area contributed by atoms with Gasteiger partial charge in [0.15, 0.2) is 0 Å². The van der Waals surface area contributed by atoms with Crippen LogP contribution in [-0.4, -0.2) is 18.6 Å². The molecule has 0 aliphatic carbocycles. The number of rotatable bonds is 2. The van der Waals surface area contributed by atoms with E-state index in [4.69, 9.17) is 0 Å². The predicted octanol–water partition coefficient (Wildman–Crippen LogP) is 3.47. The second kappa shape index (κ2) is 5.32. The van der Waals surface area contributed by atoms with E-state index in [1.54, 1.807) is 39.8 Å². The Morgan fingerprint density at radius 2 is 1.36 bits per heavy atom. The smallest absolute Gasteiger partial charge is 0.210 e. The van der Waals surface area contributed by atoms with Gasteiger partial charge in [-0.15, -0.1) is 0 Å². The fourth-order valence-corrected chi connectivity index (χ4v) is 4.46. The van der Waals surface area contributed by atoms with Crippen molar-refractivity contribution in [2.24, 2.45) is 0 Å². The highest BCUT2D eigenvalue weighted by molar-refractivity contribution is 7.91. The van der Waals surface area contributed by atoms with Gasteiger partial charge >= 0.3 is 0 Å². The van der Waals surface area contributed by atoms with Crippen LogP contribution in [0.1, 0.15) is 27.8 Å². The Bertz CT molecular complexity index is 865. The molecule has 5 heteroatoms. The largest absolute Gasteiger partial charge is 0.507 e. The summed E-state index contributed by atoms with van der Waals surface area (Å²) in [6.07, 6.45) is 0. The van der Waals surface area contributed by atoms with Crippen LogP contribution in [0.25, 0.3) is 0 Å². The molecule has 118 valence electrons. The zero-order valence-electron chi connectivity index (χ0n) is 13.4. The number of aromatic hydroxyl groups is 2. The molecule has 22 heavy (non-hydrogen) atoms. The SMILES string of the molecule is Cc1cc(C)c(S(=O)(=O)c2ccc(C)c(O)c2C)c(O)c1C. The topological polar surface area (TPSA) is 74.6 Å². The van der Waals surface area contributed by atoms with E-state index < -0.39 is 9.84 Å². The molecule has 0 aromatic heterocycles. The molecule has 0 saturated heterocycles. The van der Waals surface area contributed by atoms with E-state index in [-0.39, 0.29) is 26.9 Å². The third kappa shape index (κ3) is 2.35. The monoisotopic (exact) mass is 320 g/mol. The third-order valence-electron chi connectivity index (χ3n) is 4.09. The molecule has 0 amide bonds. The third-order valence-corrected chi connectivity index (χ3v) is 6.17. The van der Waals surface area contributed by atoms with E-state index in [1.807, 2.05) is 6.92 Å². The summed E-state index contributed by atoms with van der Waals surface area (Å²) in [5.74, 6) is -0.265. The van der Waals surface area contributed by atoms with E-state index in [1.165, 1.54) is 6.07 Å². The maximum Gasteiger partial charge on any atom is 0.210 e. The normalized spacial score (nSPS) is 11.7. The molecule has 2 N–H and O–H groups in total. The maximum absolute atomic E-state index is 13.0. The molecule has 2 aromatic rings. The van der Waals surface area contributed by atoms with Crippen molar-refractivity contribution >= 4 is 9.84 Å². The van der Waals surface area contributed by atoms with E-state index >= 15 is 0 Å². The number of phenolic OH excluding ortho intramolecular Hbond substituents is 2. The maximum atomic E-state index is 13.0. The first-order valence-corrected chi connectivity index (χ1v) is 8.41. The van der Waals surface area contributed by atoms with Crippen molar-refractivity contribution in [1.82, 2.24) is 0 Å². The quantitative estimate of drug-likeness (QED) is 0.888. The Labute approximate surface area is 131 Å². The molecule has 0 aliphatic heterocycles. The van der Waals surface area contributed by atoms with Gasteiger partial charge in [-0.1, -0.05) is 12.1 Å². The lowest BCUT2D eigenvalue weighted by Gasteiger charge is -2.16. The molecule has 0 heterocycles. The fraction of sp³-hybridized carbons (Fsp3) is 0.294. The summed E-state index contributed by atoms with van der Waals surface area (Å²) in [5.41, 5.74) is 2.75. The van der Waals surface area contributed by atoms with Crippen molar-refractivity contribution in [2.45, 2.75) is 44.4 Å². The van der Waals surface area contributed by atoms with Gasteiger partial charge in [0, 0.05) is 5.56 Å². The molecular formula is C17H20O4S. The van der Waals surface area contributed by atoms with Gasteiger partial charge in [0.2, 0.25) is 9.84 Å². The van der Waals surface area contributed by atoms with Crippen molar-refractivity contribution in [3.05, 3.63) is 46.0 Å². The average molecular weight is 320 g/mol. The molecule has 0 bridgehead atoms. The standard InChI is InChI=1S/C17H20O4S/c1-9-6-7-14(13(5)15(9)18)22(20,21)17-11(3)8-10(2)12(4)16(17)19/h6-8,18-19H,1-5H3. The fourth-order valence-electron chi connectivity index (χ4n) is 2.60. The summed E-state index contributed by atoms with van der Waals surface area (Å²) >= 11 is 0. The Morgan fingerprint density at radius 1 is 0.773 bits per heavy atom. The van der Waals surface area contributed by atoms with Gasteiger partial charge in [0.25, 0.3) is 0 Å². The summed E-state index contributed by atoms with van der Waals surface area (Å²) in [7, 11) is -3.92. The molecule has 0 unspecified atom stereocenters. The highest BCUT2D eigenvalue weighted by Gasteiger charge is 2.28.